The van der Waals surface area contributed by atoms with E-state index in [1.165, 1.54) is 0 Å². The first-order chi connectivity index (χ1) is 7.99. The molecule has 2 amide bonds. The fourth-order valence-electron chi connectivity index (χ4n) is 1.68. The summed E-state index contributed by atoms with van der Waals surface area (Å²) in [6, 6.07) is 0.391. The summed E-state index contributed by atoms with van der Waals surface area (Å²) in [4.78, 5) is 23.5. The van der Waals surface area contributed by atoms with Crippen LogP contribution < -0.4 is 10.6 Å². The molecule has 1 saturated carbocycles. The molecule has 0 aliphatic heterocycles. The summed E-state index contributed by atoms with van der Waals surface area (Å²) in [5.74, 6) is -0.145. The molecule has 0 spiro atoms. The van der Waals surface area contributed by atoms with Crippen LogP contribution in [0.3, 0.4) is 0 Å². The Labute approximate surface area is 104 Å². The maximum Gasteiger partial charge on any atom is 0.224 e. The molecular weight excluding hydrogens is 216 g/mol. The molecule has 4 atom stereocenters. The number of nitrogens with one attached hydrogen (secondary N) is 2. The summed E-state index contributed by atoms with van der Waals surface area (Å²) in [5, 5.41) is 5.85. The first-order valence-electron chi connectivity index (χ1n) is 6.60. The number of rotatable bonds is 6. The fourth-order valence-corrected chi connectivity index (χ4v) is 1.68. The van der Waals surface area contributed by atoms with Gasteiger partial charge in [0.2, 0.25) is 11.8 Å². The van der Waals surface area contributed by atoms with Crippen molar-refractivity contribution in [2.45, 2.75) is 59.0 Å². The van der Waals surface area contributed by atoms with Crippen LogP contribution >= 0.6 is 0 Å². The third kappa shape index (κ3) is 4.02. The van der Waals surface area contributed by atoms with Crippen LogP contribution in [-0.2, 0) is 9.59 Å². The van der Waals surface area contributed by atoms with E-state index in [4.69, 9.17) is 0 Å². The first-order valence-corrected chi connectivity index (χ1v) is 6.60. The quantitative estimate of drug-likeness (QED) is 0.738. The third-order valence-corrected chi connectivity index (χ3v) is 3.47. The molecule has 0 aromatic rings. The van der Waals surface area contributed by atoms with Crippen molar-refractivity contribution in [1.82, 2.24) is 10.6 Å². The molecule has 0 heterocycles. The third-order valence-electron chi connectivity index (χ3n) is 3.47. The maximum atomic E-state index is 11.8. The van der Waals surface area contributed by atoms with Crippen LogP contribution in [-0.4, -0.2) is 23.9 Å². The minimum absolute atomic E-state index is 0.0312. The van der Waals surface area contributed by atoms with Crippen LogP contribution in [0.1, 0.15) is 47.0 Å². The maximum absolute atomic E-state index is 11.8. The summed E-state index contributed by atoms with van der Waals surface area (Å²) in [5.41, 5.74) is 0. The molecule has 4 nitrogen and oxygen atoms in total. The topological polar surface area (TPSA) is 58.2 Å². The summed E-state index contributed by atoms with van der Waals surface area (Å²) in [6.45, 7) is 8.03. The molecule has 0 aromatic carbocycles. The van der Waals surface area contributed by atoms with Crippen molar-refractivity contribution < 1.29 is 9.59 Å². The highest BCUT2D eigenvalue weighted by Gasteiger charge is 2.48. The molecule has 17 heavy (non-hydrogen) atoms. The Kier molecular flexibility index (Phi) is 4.97. The minimum atomic E-state index is -0.104. The van der Waals surface area contributed by atoms with E-state index in [1.807, 2.05) is 27.7 Å². The summed E-state index contributed by atoms with van der Waals surface area (Å²) >= 11 is 0. The fraction of sp³-hybridized carbons (Fsp3) is 0.846. The van der Waals surface area contributed by atoms with E-state index < -0.39 is 0 Å². The standard InChI is InChI=1S/C13H24N2O2/c1-5-8(3)14-12(16)10-7-11(10)13(17)15-9(4)6-2/h8-11H,5-7H2,1-4H3,(H,14,16)(H,15,17). The van der Waals surface area contributed by atoms with Gasteiger partial charge in [0.1, 0.15) is 0 Å². The second-order valence-electron chi connectivity index (χ2n) is 5.08. The number of hydrogen-bond donors (Lipinski definition) is 2. The Morgan fingerprint density at radius 2 is 1.35 bits per heavy atom. The highest BCUT2D eigenvalue weighted by molar-refractivity contribution is 5.92. The number of carbonyl (C=O) groups excluding carboxylic acids is 2. The van der Waals surface area contributed by atoms with E-state index in [0.717, 1.165) is 12.8 Å². The Balaban J connectivity index is 2.32. The normalized spacial score (nSPS) is 25.9. The lowest BCUT2D eigenvalue weighted by molar-refractivity contribution is -0.127. The smallest absolute Gasteiger partial charge is 0.224 e. The average Bonchev–Trinajstić information content (AvgIpc) is 3.08. The SMILES string of the molecule is CCC(C)NC(=O)C1CC1C(=O)NC(C)CC. The Morgan fingerprint density at radius 3 is 1.65 bits per heavy atom. The molecule has 0 aromatic heterocycles. The van der Waals surface area contributed by atoms with Crippen LogP contribution in [0.25, 0.3) is 0 Å². The number of carbonyl (C=O) groups is 2. The van der Waals surface area contributed by atoms with Gasteiger partial charge in [-0.05, 0) is 33.1 Å². The Morgan fingerprint density at radius 1 is 1.00 bits per heavy atom. The molecule has 2 N–H and O–H groups in total. The molecule has 98 valence electrons. The molecule has 1 fully saturated rings. The van der Waals surface area contributed by atoms with Crippen LogP contribution in [0, 0.1) is 11.8 Å². The van der Waals surface area contributed by atoms with Gasteiger partial charge < -0.3 is 10.6 Å². The zero-order valence-corrected chi connectivity index (χ0v) is 11.2. The van der Waals surface area contributed by atoms with Gasteiger partial charge in [-0.3, -0.25) is 9.59 Å². The average molecular weight is 240 g/mol. The van der Waals surface area contributed by atoms with Crippen molar-refractivity contribution in [3.63, 3.8) is 0 Å². The molecular formula is C13H24N2O2. The molecule has 0 saturated heterocycles. The number of amides is 2. The van der Waals surface area contributed by atoms with Crippen LogP contribution in [0.15, 0.2) is 0 Å². The lowest BCUT2D eigenvalue weighted by Gasteiger charge is -2.12. The lowest BCUT2D eigenvalue weighted by Crippen LogP contribution is -2.37. The van der Waals surface area contributed by atoms with E-state index >= 15 is 0 Å². The molecule has 0 radical (unpaired) electrons. The second-order valence-corrected chi connectivity index (χ2v) is 5.08. The van der Waals surface area contributed by atoms with Crippen molar-refractivity contribution in [3.05, 3.63) is 0 Å². The summed E-state index contributed by atoms with van der Waals surface area (Å²) < 4.78 is 0. The summed E-state index contributed by atoms with van der Waals surface area (Å²) in [6.07, 6.45) is 2.54. The van der Waals surface area contributed by atoms with Crippen LogP contribution in [0.5, 0.6) is 0 Å². The highest BCUT2D eigenvalue weighted by atomic mass is 16.2. The van der Waals surface area contributed by atoms with Crippen molar-refractivity contribution in [1.29, 1.82) is 0 Å². The van der Waals surface area contributed by atoms with Crippen molar-refractivity contribution in [2.75, 3.05) is 0 Å². The summed E-state index contributed by atoms with van der Waals surface area (Å²) in [7, 11) is 0. The van der Waals surface area contributed by atoms with Gasteiger partial charge in [-0.15, -0.1) is 0 Å². The minimum Gasteiger partial charge on any atom is -0.353 e. The van der Waals surface area contributed by atoms with E-state index in [0.29, 0.717) is 6.42 Å². The van der Waals surface area contributed by atoms with Gasteiger partial charge in [0.05, 0.1) is 11.8 Å². The van der Waals surface area contributed by atoms with Gasteiger partial charge in [0.15, 0.2) is 0 Å². The van der Waals surface area contributed by atoms with E-state index in [2.05, 4.69) is 10.6 Å². The highest BCUT2D eigenvalue weighted by Crippen LogP contribution is 2.39. The van der Waals surface area contributed by atoms with Crippen LogP contribution in [0.4, 0.5) is 0 Å². The van der Waals surface area contributed by atoms with Gasteiger partial charge in [0.25, 0.3) is 0 Å². The predicted molar refractivity (Wildman–Crippen MR) is 67.4 cm³/mol. The van der Waals surface area contributed by atoms with Gasteiger partial charge in [0, 0.05) is 12.1 Å². The second kappa shape index (κ2) is 6.03. The van der Waals surface area contributed by atoms with Crippen molar-refractivity contribution in [2.24, 2.45) is 11.8 Å². The molecule has 4 unspecified atom stereocenters. The predicted octanol–water partition coefficient (Wildman–Crippen LogP) is 1.45. The molecule has 1 aliphatic carbocycles. The van der Waals surface area contributed by atoms with Crippen molar-refractivity contribution in [3.8, 4) is 0 Å². The largest absolute Gasteiger partial charge is 0.353 e. The molecule has 0 bridgehead atoms. The molecule has 1 rings (SSSR count). The zero-order valence-electron chi connectivity index (χ0n) is 11.2. The van der Waals surface area contributed by atoms with Gasteiger partial charge in [-0.1, -0.05) is 13.8 Å². The Bertz CT molecular complexity index is 263. The monoisotopic (exact) mass is 240 g/mol. The van der Waals surface area contributed by atoms with Crippen molar-refractivity contribution >= 4 is 11.8 Å². The van der Waals surface area contributed by atoms with E-state index in [9.17, 15) is 9.59 Å². The van der Waals surface area contributed by atoms with Gasteiger partial charge >= 0.3 is 0 Å². The van der Waals surface area contributed by atoms with E-state index in [1.54, 1.807) is 0 Å². The zero-order chi connectivity index (χ0) is 13.0. The van der Waals surface area contributed by atoms with Gasteiger partial charge in [-0.2, -0.15) is 0 Å². The Hall–Kier alpha value is -1.06. The first kappa shape index (κ1) is 14.0. The number of hydrogen-bond acceptors (Lipinski definition) is 2. The van der Waals surface area contributed by atoms with Crippen LogP contribution in [0.2, 0.25) is 0 Å². The molecule has 1 aliphatic rings. The molecule has 4 heteroatoms. The lowest BCUT2D eigenvalue weighted by atomic mass is 10.2. The van der Waals surface area contributed by atoms with E-state index in [-0.39, 0.29) is 35.7 Å². The van der Waals surface area contributed by atoms with Gasteiger partial charge in [-0.25, -0.2) is 0 Å².